The third-order valence-electron chi connectivity index (χ3n) is 1.88. The van der Waals surface area contributed by atoms with E-state index in [1.807, 2.05) is 39.0 Å². The summed E-state index contributed by atoms with van der Waals surface area (Å²) in [6.45, 7) is 6.23. The van der Waals surface area contributed by atoms with Gasteiger partial charge in [0.25, 0.3) is 0 Å². The first-order valence-electron chi connectivity index (χ1n) is 5.82. The molecule has 0 unspecified atom stereocenters. The molecule has 0 saturated carbocycles. The standard InChI is InChI=1S/C13H17Br2NO3/c1-13(2,3)19-12(17)16-4-5-18-11-7-9(14)6-10(15)8-11/h6-8H,4-5H2,1-3H3,(H,16,17). The number of halogens is 2. The Labute approximate surface area is 130 Å². The van der Waals surface area contributed by atoms with Gasteiger partial charge in [0.05, 0.1) is 6.54 Å². The lowest BCUT2D eigenvalue weighted by Crippen LogP contribution is -2.34. The molecular formula is C13H17Br2NO3. The van der Waals surface area contributed by atoms with E-state index < -0.39 is 11.7 Å². The second-order valence-electron chi connectivity index (χ2n) is 4.88. The summed E-state index contributed by atoms with van der Waals surface area (Å²) < 4.78 is 12.5. The van der Waals surface area contributed by atoms with Crippen molar-refractivity contribution in [2.75, 3.05) is 13.2 Å². The fourth-order valence-electron chi connectivity index (χ4n) is 1.25. The Bertz CT molecular complexity index is 424. The molecule has 6 heteroatoms. The van der Waals surface area contributed by atoms with E-state index in [0.29, 0.717) is 13.2 Å². The Hall–Kier alpha value is -0.750. The minimum atomic E-state index is -0.486. The normalized spacial score (nSPS) is 11.0. The van der Waals surface area contributed by atoms with E-state index in [4.69, 9.17) is 9.47 Å². The van der Waals surface area contributed by atoms with E-state index in [1.54, 1.807) is 0 Å². The number of carbonyl (C=O) groups is 1. The summed E-state index contributed by atoms with van der Waals surface area (Å²) in [7, 11) is 0. The van der Waals surface area contributed by atoms with E-state index in [0.717, 1.165) is 14.7 Å². The minimum absolute atomic E-state index is 0.377. The van der Waals surface area contributed by atoms with Crippen molar-refractivity contribution in [2.24, 2.45) is 0 Å². The first-order valence-corrected chi connectivity index (χ1v) is 7.40. The van der Waals surface area contributed by atoms with E-state index >= 15 is 0 Å². The summed E-state index contributed by atoms with van der Waals surface area (Å²) in [6.07, 6.45) is -0.438. The molecule has 1 rings (SSSR count). The quantitative estimate of drug-likeness (QED) is 0.781. The number of hydrogen-bond acceptors (Lipinski definition) is 3. The number of rotatable bonds is 4. The molecule has 0 aliphatic heterocycles. The van der Waals surface area contributed by atoms with Gasteiger partial charge in [0.1, 0.15) is 18.0 Å². The highest BCUT2D eigenvalue weighted by Crippen LogP contribution is 2.24. The van der Waals surface area contributed by atoms with Gasteiger partial charge in [-0.3, -0.25) is 0 Å². The molecule has 0 atom stereocenters. The van der Waals surface area contributed by atoms with Crippen LogP contribution in [0.5, 0.6) is 5.75 Å². The molecular weight excluding hydrogens is 378 g/mol. The number of benzene rings is 1. The summed E-state index contributed by atoms with van der Waals surface area (Å²) in [5.41, 5.74) is -0.486. The van der Waals surface area contributed by atoms with Crippen LogP contribution in [0.2, 0.25) is 0 Å². The predicted molar refractivity (Wildman–Crippen MR) is 81.6 cm³/mol. The lowest BCUT2D eigenvalue weighted by molar-refractivity contribution is 0.0520. The van der Waals surface area contributed by atoms with Crippen LogP contribution in [0.25, 0.3) is 0 Å². The molecule has 0 spiro atoms. The van der Waals surface area contributed by atoms with Crippen LogP contribution in [-0.4, -0.2) is 24.8 Å². The summed E-state index contributed by atoms with van der Waals surface area (Å²) in [6, 6.07) is 5.64. The Morgan fingerprint density at radius 3 is 2.32 bits per heavy atom. The van der Waals surface area contributed by atoms with Gasteiger partial charge in [-0.25, -0.2) is 4.79 Å². The predicted octanol–water partition coefficient (Wildman–Crippen LogP) is 4.12. The van der Waals surface area contributed by atoms with Crippen LogP contribution >= 0.6 is 31.9 Å². The lowest BCUT2D eigenvalue weighted by atomic mass is 10.2. The second-order valence-corrected chi connectivity index (χ2v) is 6.71. The highest BCUT2D eigenvalue weighted by Gasteiger charge is 2.15. The van der Waals surface area contributed by atoms with Gasteiger partial charge in [-0.1, -0.05) is 31.9 Å². The molecule has 0 aliphatic rings. The Balaban J connectivity index is 2.29. The van der Waals surface area contributed by atoms with Crippen LogP contribution in [0.4, 0.5) is 4.79 Å². The van der Waals surface area contributed by atoms with Gasteiger partial charge in [-0.05, 0) is 39.0 Å². The van der Waals surface area contributed by atoms with Gasteiger partial charge in [0, 0.05) is 8.95 Å². The fraction of sp³-hybridized carbons (Fsp3) is 0.462. The smallest absolute Gasteiger partial charge is 0.407 e. The fourth-order valence-corrected chi connectivity index (χ4v) is 2.50. The number of alkyl carbamates (subject to hydrolysis) is 1. The van der Waals surface area contributed by atoms with Gasteiger partial charge >= 0.3 is 6.09 Å². The maximum Gasteiger partial charge on any atom is 0.407 e. The van der Waals surface area contributed by atoms with E-state index in [2.05, 4.69) is 37.2 Å². The van der Waals surface area contributed by atoms with Crippen molar-refractivity contribution in [3.63, 3.8) is 0 Å². The maximum absolute atomic E-state index is 11.4. The number of carbonyl (C=O) groups excluding carboxylic acids is 1. The van der Waals surface area contributed by atoms with Crippen LogP contribution in [0.3, 0.4) is 0 Å². The van der Waals surface area contributed by atoms with Crippen molar-refractivity contribution in [3.8, 4) is 5.75 Å². The SMILES string of the molecule is CC(C)(C)OC(=O)NCCOc1cc(Br)cc(Br)c1. The number of nitrogens with one attached hydrogen (secondary N) is 1. The molecule has 0 bridgehead atoms. The molecule has 19 heavy (non-hydrogen) atoms. The van der Waals surface area contributed by atoms with Crippen molar-refractivity contribution in [2.45, 2.75) is 26.4 Å². The molecule has 0 aliphatic carbocycles. The molecule has 0 radical (unpaired) electrons. The zero-order valence-electron chi connectivity index (χ0n) is 11.1. The molecule has 1 N–H and O–H groups in total. The van der Waals surface area contributed by atoms with E-state index in [-0.39, 0.29) is 0 Å². The molecule has 0 saturated heterocycles. The molecule has 0 heterocycles. The Morgan fingerprint density at radius 2 is 1.79 bits per heavy atom. The van der Waals surface area contributed by atoms with Crippen molar-refractivity contribution >= 4 is 38.0 Å². The molecule has 1 amide bonds. The van der Waals surface area contributed by atoms with Gasteiger partial charge in [0.2, 0.25) is 0 Å². The Morgan fingerprint density at radius 1 is 1.21 bits per heavy atom. The van der Waals surface area contributed by atoms with Crippen molar-refractivity contribution in [1.82, 2.24) is 5.32 Å². The number of hydrogen-bond donors (Lipinski definition) is 1. The summed E-state index contributed by atoms with van der Waals surface area (Å²) >= 11 is 6.76. The van der Waals surface area contributed by atoms with Crippen LogP contribution in [0.15, 0.2) is 27.1 Å². The van der Waals surface area contributed by atoms with Crippen LogP contribution in [0, 0.1) is 0 Å². The van der Waals surface area contributed by atoms with Crippen molar-refractivity contribution < 1.29 is 14.3 Å². The van der Waals surface area contributed by atoms with E-state index in [9.17, 15) is 4.79 Å². The van der Waals surface area contributed by atoms with Crippen molar-refractivity contribution in [1.29, 1.82) is 0 Å². The minimum Gasteiger partial charge on any atom is -0.492 e. The highest BCUT2D eigenvalue weighted by atomic mass is 79.9. The molecule has 1 aromatic carbocycles. The zero-order valence-corrected chi connectivity index (χ0v) is 14.3. The summed E-state index contributed by atoms with van der Waals surface area (Å²) in [4.78, 5) is 11.4. The van der Waals surface area contributed by atoms with Gasteiger partial charge in [-0.2, -0.15) is 0 Å². The van der Waals surface area contributed by atoms with Gasteiger partial charge < -0.3 is 14.8 Å². The van der Waals surface area contributed by atoms with E-state index in [1.165, 1.54) is 0 Å². The third-order valence-corrected chi connectivity index (χ3v) is 2.79. The molecule has 0 aromatic heterocycles. The monoisotopic (exact) mass is 393 g/mol. The second kappa shape index (κ2) is 7.14. The lowest BCUT2D eigenvalue weighted by Gasteiger charge is -2.19. The number of amides is 1. The molecule has 0 fully saturated rings. The number of ether oxygens (including phenoxy) is 2. The average Bonchev–Trinajstić information content (AvgIpc) is 2.20. The van der Waals surface area contributed by atoms with Gasteiger partial charge in [0.15, 0.2) is 0 Å². The molecule has 4 nitrogen and oxygen atoms in total. The first kappa shape index (κ1) is 16.3. The van der Waals surface area contributed by atoms with Gasteiger partial charge in [-0.15, -0.1) is 0 Å². The topological polar surface area (TPSA) is 47.6 Å². The van der Waals surface area contributed by atoms with Crippen LogP contribution < -0.4 is 10.1 Å². The van der Waals surface area contributed by atoms with Crippen LogP contribution in [0.1, 0.15) is 20.8 Å². The van der Waals surface area contributed by atoms with Crippen molar-refractivity contribution in [3.05, 3.63) is 27.1 Å². The zero-order chi connectivity index (χ0) is 14.5. The summed E-state index contributed by atoms with van der Waals surface area (Å²) in [5, 5.41) is 2.63. The Kier molecular flexibility index (Phi) is 6.13. The molecule has 1 aromatic rings. The van der Waals surface area contributed by atoms with Crippen LogP contribution in [-0.2, 0) is 4.74 Å². The average molecular weight is 395 g/mol. The third kappa shape index (κ3) is 7.42. The molecule has 106 valence electrons. The summed E-state index contributed by atoms with van der Waals surface area (Å²) in [5.74, 6) is 0.729. The largest absolute Gasteiger partial charge is 0.492 e. The highest BCUT2D eigenvalue weighted by molar-refractivity contribution is 9.11. The first-order chi connectivity index (χ1) is 8.76. The maximum atomic E-state index is 11.4.